The lowest BCUT2D eigenvalue weighted by Gasteiger charge is -2.21. The smallest absolute Gasteiger partial charge is 0.321 e. The Balaban J connectivity index is 1.91. The highest BCUT2D eigenvalue weighted by Crippen LogP contribution is 2.18. The molecule has 1 amide bonds. The number of nitrogens with zero attached hydrogens (tertiary/aromatic N) is 1. The number of amides is 1. The molecule has 1 aromatic rings. The molecule has 1 fully saturated rings. The zero-order valence-electron chi connectivity index (χ0n) is 11.9. The predicted molar refractivity (Wildman–Crippen MR) is 76.6 cm³/mol. The van der Waals surface area contributed by atoms with Gasteiger partial charge in [-0.15, -0.1) is 0 Å². The molecule has 0 aromatic heterocycles. The van der Waals surface area contributed by atoms with E-state index in [1.165, 1.54) is 4.90 Å². The number of hydrogen-bond donors (Lipinski definition) is 3. The Hall–Kier alpha value is -1.92. The molecule has 0 saturated carbocycles. The number of aliphatic carboxylic acids is 1. The van der Waals surface area contributed by atoms with E-state index >= 15 is 0 Å². The van der Waals surface area contributed by atoms with Gasteiger partial charge in [0.25, 0.3) is 0 Å². The van der Waals surface area contributed by atoms with E-state index in [4.69, 9.17) is 5.11 Å². The molecule has 0 spiro atoms. The largest absolute Gasteiger partial charge is 0.480 e. The molecule has 114 valence electrons. The van der Waals surface area contributed by atoms with Crippen molar-refractivity contribution in [1.29, 1.82) is 0 Å². The zero-order chi connectivity index (χ0) is 15.4. The van der Waals surface area contributed by atoms with Crippen LogP contribution in [0.15, 0.2) is 30.3 Å². The molecule has 1 aromatic carbocycles. The molecule has 0 radical (unpaired) electrons. The quantitative estimate of drug-likeness (QED) is 0.730. The molecule has 3 unspecified atom stereocenters. The van der Waals surface area contributed by atoms with Crippen LogP contribution in [0.25, 0.3) is 0 Å². The van der Waals surface area contributed by atoms with E-state index < -0.39 is 18.1 Å². The summed E-state index contributed by atoms with van der Waals surface area (Å²) in [5.41, 5.74) is 0.988. The van der Waals surface area contributed by atoms with Crippen molar-refractivity contribution in [3.63, 3.8) is 0 Å². The van der Waals surface area contributed by atoms with Crippen molar-refractivity contribution in [2.75, 3.05) is 13.1 Å². The summed E-state index contributed by atoms with van der Waals surface area (Å²) in [6.07, 6.45) is -0.526. The van der Waals surface area contributed by atoms with Gasteiger partial charge in [0.1, 0.15) is 6.04 Å². The van der Waals surface area contributed by atoms with Gasteiger partial charge in [-0.3, -0.25) is 14.5 Å². The van der Waals surface area contributed by atoms with Crippen LogP contribution in [0, 0.1) is 0 Å². The number of carbonyl (C=O) groups excluding carboxylic acids is 1. The SMILES string of the molecule is CC(NC(=O)CN1CC(O)CC1C(=O)O)c1ccccc1. The van der Waals surface area contributed by atoms with Crippen LogP contribution in [-0.4, -0.2) is 52.2 Å². The Morgan fingerprint density at radius 1 is 1.38 bits per heavy atom. The number of nitrogens with one attached hydrogen (secondary N) is 1. The Kier molecular flexibility index (Phi) is 4.93. The van der Waals surface area contributed by atoms with Gasteiger partial charge < -0.3 is 15.5 Å². The normalized spacial score (nSPS) is 23.7. The summed E-state index contributed by atoms with van der Waals surface area (Å²) in [7, 11) is 0. The van der Waals surface area contributed by atoms with Crippen LogP contribution < -0.4 is 5.32 Å². The van der Waals surface area contributed by atoms with Gasteiger partial charge in [-0.2, -0.15) is 0 Å². The molecule has 3 N–H and O–H groups in total. The Morgan fingerprint density at radius 2 is 2.05 bits per heavy atom. The molecule has 1 aliphatic heterocycles. The predicted octanol–water partition coefficient (Wildman–Crippen LogP) is 0.384. The van der Waals surface area contributed by atoms with E-state index in [9.17, 15) is 14.7 Å². The second-order valence-corrected chi connectivity index (χ2v) is 5.37. The molecule has 0 bridgehead atoms. The number of β-amino-alcohol motifs (C(OH)–C–C–N with tert-alkyl or cyclic N) is 1. The van der Waals surface area contributed by atoms with E-state index in [0.29, 0.717) is 0 Å². The number of carbonyl (C=O) groups is 2. The first kappa shape index (κ1) is 15.5. The van der Waals surface area contributed by atoms with Gasteiger partial charge in [-0.1, -0.05) is 30.3 Å². The van der Waals surface area contributed by atoms with Crippen LogP contribution in [0.2, 0.25) is 0 Å². The molecule has 0 aliphatic carbocycles. The number of hydrogen-bond acceptors (Lipinski definition) is 4. The standard InChI is InChI=1S/C15H20N2O4/c1-10(11-5-3-2-4-6-11)16-14(19)9-17-8-12(18)7-13(17)15(20)21/h2-6,10,12-13,18H,7-9H2,1H3,(H,16,19)(H,20,21). The summed E-state index contributed by atoms with van der Waals surface area (Å²) in [6.45, 7) is 2.07. The molecular weight excluding hydrogens is 272 g/mol. The minimum atomic E-state index is -1.00. The van der Waals surface area contributed by atoms with Crippen molar-refractivity contribution >= 4 is 11.9 Å². The summed E-state index contributed by atoms with van der Waals surface area (Å²) < 4.78 is 0. The molecule has 1 heterocycles. The first-order valence-electron chi connectivity index (χ1n) is 6.96. The number of aliphatic hydroxyl groups is 1. The fourth-order valence-corrected chi connectivity index (χ4v) is 2.61. The monoisotopic (exact) mass is 292 g/mol. The third-order valence-corrected chi connectivity index (χ3v) is 3.69. The van der Waals surface area contributed by atoms with Crippen molar-refractivity contribution in [2.45, 2.75) is 31.5 Å². The third-order valence-electron chi connectivity index (χ3n) is 3.69. The van der Waals surface area contributed by atoms with Crippen molar-refractivity contribution in [2.24, 2.45) is 0 Å². The van der Waals surface area contributed by atoms with E-state index in [0.717, 1.165) is 5.56 Å². The Labute approximate surface area is 123 Å². The van der Waals surface area contributed by atoms with Gasteiger partial charge in [-0.25, -0.2) is 0 Å². The molecule has 1 aliphatic rings. The first-order chi connectivity index (χ1) is 9.97. The van der Waals surface area contributed by atoms with E-state index in [1.54, 1.807) is 0 Å². The number of aliphatic hydroxyl groups excluding tert-OH is 1. The van der Waals surface area contributed by atoms with Gasteiger partial charge in [0.05, 0.1) is 18.7 Å². The number of carboxylic acid groups (broad SMARTS) is 1. The summed E-state index contributed by atoms with van der Waals surface area (Å²) in [6, 6.07) is 8.60. The summed E-state index contributed by atoms with van der Waals surface area (Å²) in [5.74, 6) is -1.25. The molecule has 2 rings (SSSR count). The minimum Gasteiger partial charge on any atom is -0.480 e. The average molecular weight is 292 g/mol. The van der Waals surface area contributed by atoms with Crippen LogP contribution in [0.3, 0.4) is 0 Å². The second kappa shape index (κ2) is 6.69. The van der Waals surface area contributed by atoms with Crippen molar-refractivity contribution in [1.82, 2.24) is 10.2 Å². The maximum atomic E-state index is 12.0. The van der Waals surface area contributed by atoms with Crippen LogP contribution in [0.1, 0.15) is 24.9 Å². The molecule has 3 atom stereocenters. The third kappa shape index (κ3) is 4.03. The van der Waals surface area contributed by atoms with Crippen LogP contribution in [0.5, 0.6) is 0 Å². The van der Waals surface area contributed by atoms with Gasteiger partial charge in [0.15, 0.2) is 0 Å². The molecule has 6 heteroatoms. The molecule has 1 saturated heterocycles. The number of likely N-dealkylation sites (tertiary alicyclic amines) is 1. The van der Waals surface area contributed by atoms with Crippen molar-refractivity contribution < 1.29 is 19.8 Å². The van der Waals surface area contributed by atoms with Gasteiger partial charge >= 0.3 is 5.97 Å². The fourth-order valence-electron chi connectivity index (χ4n) is 2.61. The van der Waals surface area contributed by atoms with Crippen molar-refractivity contribution in [3.05, 3.63) is 35.9 Å². The molecular formula is C15H20N2O4. The Bertz CT molecular complexity index is 506. The summed E-state index contributed by atoms with van der Waals surface area (Å²) in [4.78, 5) is 24.6. The highest BCUT2D eigenvalue weighted by atomic mass is 16.4. The average Bonchev–Trinajstić information content (AvgIpc) is 2.80. The zero-order valence-corrected chi connectivity index (χ0v) is 11.9. The number of rotatable bonds is 5. The van der Waals surface area contributed by atoms with Crippen molar-refractivity contribution in [3.8, 4) is 0 Å². The molecule has 21 heavy (non-hydrogen) atoms. The lowest BCUT2D eigenvalue weighted by atomic mass is 10.1. The fraction of sp³-hybridized carbons (Fsp3) is 0.467. The van der Waals surface area contributed by atoms with Gasteiger partial charge in [0, 0.05) is 13.0 Å². The lowest BCUT2D eigenvalue weighted by molar-refractivity contribution is -0.142. The highest BCUT2D eigenvalue weighted by molar-refractivity contribution is 5.80. The maximum Gasteiger partial charge on any atom is 0.321 e. The van der Waals surface area contributed by atoms with E-state index in [-0.39, 0.29) is 31.5 Å². The maximum absolute atomic E-state index is 12.0. The van der Waals surface area contributed by atoms with Crippen LogP contribution >= 0.6 is 0 Å². The number of benzene rings is 1. The highest BCUT2D eigenvalue weighted by Gasteiger charge is 2.36. The van der Waals surface area contributed by atoms with Crippen LogP contribution in [0.4, 0.5) is 0 Å². The number of carboxylic acids is 1. The summed E-state index contributed by atoms with van der Waals surface area (Å²) >= 11 is 0. The first-order valence-corrected chi connectivity index (χ1v) is 6.96. The topological polar surface area (TPSA) is 89.9 Å². The summed E-state index contributed by atoms with van der Waals surface area (Å²) in [5, 5.41) is 21.5. The molecule has 6 nitrogen and oxygen atoms in total. The lowest BCUT2D eigenvalue weighted by Crippen LogP contribution is -2.43. The second-order valence-electron chi connectivity index (χ2n) is 5.37. The van der Waals surface area contributed by atoms with Crippen LogP contribution in [-0.2, 0) is 9.59 Å². The minimum absolute atomic E-state index is 0.0226. The Morgan fingerprint density at radius 3 is 2.67 bits per heavy atom. The van der Waals surface area contributed by atoms with Gasteiger partial charge in [-0.05, 0) is 12.5 Å². The van der Waals surface area contributed by atoms with Gasteiger partial charge in [0.2, 0.25) is 5.91 Å². The van der Waals surface area contributed by atoms with E-state index in [1.807, 2.05) is 37.3 Å². The van der Waals surface area contributed by atoms with E-state index in [2.05, 4.69) is 5.32 Å².